The summed E-state index contributed by atoms with van der Waals surface area (Å²) in [6.45, 7) is 19.4. The maximum absolute atomic E-state index is 14.6. The zero-order valence-corrected chi connectivity index (χ0v) is 46.6. The predicted molar refractivity (Wildman–Crippen MR) is 283 cm³/mol. The molecule has 18 atom stereocenters. The molecule has 1 unspecified atom stereocenters. The Hall–Kier alpha value is -3.46. The van der Waals surface area contributed by atoms with Crippen LogP contribution in [0.15, 0.2) is 54.7 Å². The number of hydrogen-bond donors (Lipinski definition) is 5. The molecule has 6 rings (SSSR count). The monoisotopic (exact) mass is 1040 g/mol. The minimum Gasteiger partial charge on any atom is -0.459 e. The fourth-order valence-corrected chi connectivity index (χ4v) is 12.4. The first-order valence-electron chi connectivity index (χ1n) is 27.1. The second-order valence-corrected chi connectivity index (χ2v) is 23.2. The molecule has 0 bridgehead atoms. The lowest BCUT2D eigenvalue weighted by Crippen LogP contribution is -2.61. The van der Waals surface area contributed by atoms with E-state index in [9.17, 15) is 29.6 Å². The second-order valence-electron chi connectivity index (χ2n) is 23.2. The van der Waals surface area contributed by atoms with Crippen LogP contribution in [-0.2, 0) is 47.9 Å². The third-order valence-electron chi connectivity index (χ3n) is 17.2. The molecule has 17 heteroatoms. The summed E-state index contributed by atoms with van der Waals surface area (Å²) in [5.74, 6) is -2.81. The van der Waals surface area contributed by atoms with Gasteiger partial charge in [-0.1, -0.05) is 81.4 Å². The number of nitrogens with zero attached hydrogens (tertiary/aromatic N) is 5. The number of aliphatic hydroxyl groups is 4. The molecule has 0 aliphatic carbocycles. The van der Waals surface area contributed by atoms with Crippen molar-refractivity contribution in [1.29, 1.82) is 0 Å². The number of methoxy groups -OCH3 is 1. The summed E-state index contributed by atoms with van der Waals surface area (Å²) in [5, 5.41) is 56.7. The van der Waals surface area contributed by atoms with Crippen molar-refractivity contribution in [1.82, 2.24) is 24.8 Å². The number of likely N-dealkylation sites (N-methyl/N-ethyl adjacent to an activating group) is 2. The Bertz CT molecular complexity index is 2220. The van der Waals surface area contributed by atoms with Crippen molar-refractivity contribution in [3.8, 4) is 11.1 Å². The largest absolute Gasteiger partial charge is 0.459 e. The van der Waals surface area contributed by atoms with E-state index < -0.39 is 102 Å². The number of benzene rings is 2. The minimum absolute atomic E-state index is 0.0249. The van der Waals surface area contributed by atoms with E-state index in [1.54, 1.807) is 32.6 Å². The Labute approximate surface area is 440 Å². The quantitative estimate of drug-likeness (QED) is 0.106. The van der Waals surface area contributed by atoms with Crippen LogP contribution >= 0.6 is 0 Å². The highest BCUT2D eigenvalue weighted by Gasteiger charge is 2.54. The second kappa shape index (κ2) is 25.3. The number of cyclic esters (lactones) is 1. The van der Waals surface area contributed by atoms with Gasteiger partial charge in [0.2, 0.25) is 0 Å². The van der Waals surface area contributed by atoms with Gasteiger partial charge in [-0.25, -0.2) is 9.07 Å². The zero-order valence-electron chi connectivity index (χ0n) is 46.6. The molecule has 416 valence electrons. The topological polar surface area (TPSA) is 207 Å². The summed E-state index contributed by atoms with van der Waals surface area (Å²) < 4.78 is 48.8. The number of nitrogens with two attached hydrogens (primary N) is 1. The third-order valence-corrected chi connectivity index (χ3v) is 17.2. The standard InChI is InChI=1S/C57H91FN6O10/c1-14-48-57(10,69)51(65)38(6)63(12)32-34(2)28-55(8,68)53(36(4)50(37(5)54(67)73-48)47-29-56(9,70-13)52(66)39(7)72-47)74-49-27-45(25-35(3)71-49)62(11)24-23-44-33-64(61-60-44)46(30-58)26-40-15-19-42(20-16-40)43-21-17-41(31-59)18-22-43/h15-22,33-39,45-53,65-66,68-69H,14,23-32,59H2,1-13H3/t34-,35-,36+,37-,38-,39+,45+,46+,47-,48-,49+,50?,51-,52+,53-,55-,56-,57-/m1/s1. The highest BCUT2D eigenvalue weighted by Crippen LogP contribution is 2.45. The number of aliphatic hydroxyl groups excluding tert-OH is 2. The molecule has 6 N–H and O–H groups in total. The SMILES string of the molecule is CC[C@H]1OC(=O)[C@H](C)C([C@H]2C[C@@](C)(OC)[C@@H](O)[C@H](C)O2)[C@H](C)[C@@H](O[C@H]2C[C@@H](N(C)CCc3cn([C@H](CF)Cc4ccc(-c5ccc(CN)cc5)cc4)nn3)C[C@@H](C)O2)[C@](C)(O)C[C@@H](C)CN(C)[C@H](C)[C@@H](O)[C@]1(C)O. The number of carbonyl (C=O) groups is 1. The zero-order chi connectivity index (χ0) is 54.4. The molecule has 3 fully saturated rings. The van der Waals surface area contributed by atoms with E-state index >= 15 is 0 Å². The van der Waals surface area contributed by atoms with E-state index in [4.69, 9.17) is 29.4 Å². The first-order chi connectivity index (χ1) is 34.8. The van der Waals surface area contributed by atoms with Gasteiger partial charge in [0.05, 0.1) is 53.3 Å². The van der Waals surface area contributed by atoms with Crippen molar-refractivity contribution in [2.75, 3.05) is 41.0 Å². The summed E-state index contributed by atoms with van der Waals surface area (Å²) in [7, 11) is 5.50. The summed E-state index contributed by atoms with van der Waals surface area (Å²) in [6, 6.07) is 15.3. The molecule has 1 aromatic heterocycles. The van der Waals surface area contributed by atoms with Crippen LogP contribution in [0.25, 0.3) is 11.1 Å². The van der Waals surface area contributed by atoms with Gasteiger partial charge in [-0.3, -0.25) is 4.79 Å². The number of esters is 1. The van der Waals surface area contributed by atoms with Gasteiger partial charge in [0.15, 0.2) is 6.29 Å². The third kappa shape index (κ3) is 14.0. The van der Waals surface area contributed by atoms with Crippen LogP contribution in [0.2, 0.25) is 0 Å². The van der Waals surface area contributed by atoms with E-state index in [1.165, 1.54) is 6.92 Å². The van der Waals surface area contributed by atoms with E-state index in [1.807, 2.05) is 84.0 Å². The number of hydrogen-bond acceptors (Lipinski definition) is 15. The van der Waals surface area contributed by atoms with Crippen molar-refractivity contribution in [3.05, 3.63) is 71.5 Å². The molecule has 16 nitrogen and oxygen atoms in total. The van der Waals surface area contributed by atoms with Gasteiger partial charge >= 0.3 is 5.97 Å². The van der Waals surface area contributed by atoms with Crippen LogP contribution in [0, 0.1) is 23.7 Å². The predicted octanol–water partition coefficient (Wildman–Crippen LogP) is 6.29. The number of alkyl halides is 1. The molecule has 0 amide bonds. The van der Waals surface area contributed by atoms with Gasteiger partial charge < -0.3 is 59.6 Å². The molecule has 3 aliphatic heterocycles. The molecule has 4 heterocycles. The maximum atomic E-state index is 14.6. The van der Waals surface area contributed by atoms with Gasteiger partial charge in [-0.05, 0) is 115 Å². The van der Waals surface area contributed by atoms with E-state index in [0.29, 0.717) is 38.9 Å². The lowest BCUT2D eigenvalue weighted by Gasteiger charge is -2.51. The van der Waals surface area contributed by atoms with Crippen LogP contribution in [0.4, 0.5) is 4.39 Å². The summed E-state index contributed by atoms with van der Waals surface area (Å²) in [5.41, 5.74) is 6.48. The first kappa shape index (κ1) is 59.8. The molecule has 2 aromatic carbocycles. The molecule has 3 aliphatic rings. The van der Waals surface area contributed by atoms with Crippen molar-refractivity contribution < 1.29 is 53.3 Å². The minimum atomic E-state index is -1.79. The number of rotatable bonds is 15. The molecule has 0 radical (unpaired) electrons. The van der Waals surface area contributed by atoms with Gasteiger partial charge in [-0.15, -0.1) is 5.10 Å². The molecular formula is C57H91FN6O10. The highest BCUT2D eigenvalue weighted by atomic mass is 19.1. The van der Waals surface area contributed by atoms with Crippen LogP contribution in [0.1, 0.15) is 124 Å². The van der Waals surface area contributed by atoms with Gasteiger partial charge in [0.1, 0.15) is 30.6 Å². The van der Waals surface area contributed by atoms with Crippen LogP contribution in [-0.4, -0.2) is 170 Å². The fourth-order valence-electron chi connectivity index (χ4n) is 12.4. The summed E-state index contributed by atoms with van der Waals surface area (Å²) in [4.78, 5) is 18.9. The van der Waals surface area contributed by atoms with E-state index in [0.717, 1.165) is 34.4 Å². The average molecular weight is 1040 g/mol. The summed E-state index contributed by atoms with van der Waals surface area (Å²) in [6.07, 6.45) is -1.56. The van der Waals surface area contributed by atoms with Gasteiger partial charge in [-0.2, -0.15) is 0 Å². The fraction of sp³-hybridized carbons (Fsp3) is 0.737. The molecule has 3 aromatic rings. The highest BCUT2D eigenvalue weighted by molar-refractivity contribution is 5.73. The van der Waals surface area contributed by atoms with Crippen molar-refractivity contribution >= 4 is 5.97 Å². The molecule has 3 saturated heterocycles. The lowest BCUT2D eigenvalue weighted by atomic mass is 9.68. The Kier molecular flexibility index (Phi) is 20.5. The van der Waals surface area contributed by atoms with E-state index in [2.05, 4.69) is 46.5 Å². The Morgan fingerprint density at radius 3 is 2.16 bits per heavy atom. The van der Waals surface area contributed by atoms with Gasteiger partial charge in [0.25, 0.3) is 0 Å². The number of carbonyl (C=O) groups excluding carboxylic acids is 1. The molecular weight excluding hydrogens is 948 g/mol. The smallest absolute Gasteiger partial charge is 0.309 e. The Morgan fingerprint density at radius 1 is 0.932 bits per heavy atom. The van der Waals surface area contributed by atoms with Gasteiger partial charge in [0, 0.05) is 70.2 Å². The maximum Gasteiger partial charge on any atom is 0.309 e. The van der Waals surface area contributed by atoms with Crippen LogP contribution < -0.4 is 5.73 Å². The molecule has 0 saturated carbocycles. The average Bonchev–Trinajstić information content (AvgIpc) is 3.85. The number of halogens is 1. The Morgan fingerprint density at radius 2 is 1.57 bits per heavy atom. The number of ether oxygens (including phenoxy) is 5. The molecule has 0 spiro atoms. The number of aromatic nitrogens is 3. The van der Waals surface area contributed by atoms with E-state index in [-0.39, 0.29) is 37.3 Å². The lowest BCUT2D eigenvalue weighted by molar-refractivity contribution is -0.275. The van der Waals surface area contributed by atoms with Crippen molar-refractivity contribution in [3.63, 3.8) is 0 Å². The summed E-state index contributed by atoms with van der Waals surface area (Å²) >= 11 is 0. The Balaban J connectivity index is 1.21. The van der Waals surface area contributed by atoms with Crippen molar-refractivity contribution in [2.45, 2.75) is 205 Å². The van der Waals surface area contributed by atoms with Crippen molar-refractivity contribution in [2.24, 2.45) is 29.4 Å². The normalized spacial score (nSPS) is 37.8. The molecule has 74 heavy (non-hydrogen) atoms. The van der Waals surface area contributed by atoms with Crippen LogP contribution in [0.3, 0.4) is 0 Å². The first-order valence-corrected chi connectivity index (χ1v) is 27.1. The van der Waals surface area contributed by atoms with Crippen LogP contribution in [0.5, 0.6) is 0 Å².